The molecule has 3 heteroatoms. The smallest absolute Gasteiger partial charge is 0.0626 e. The molecular weight excluding hydrogens is 138 g/mol. The summed E-state index contributed by atoms with van der Waals surface area (Å²) >= 11 is 0. The molecule has 62 valence electrons. The second-order valence-electron chi connectivity index (χ2n) is 2.63. The molecule has 1 heterocycles. The van der Waals surface area contributed by atoms with Crippen LogP contribution in [0.2, 0.25) is 0 Å². The van der Waals surface area contributed by atoms with Gasteiger partial charge in [-0.15, -0.1) is 0 Å². The second-order valence-corrected chi connectivity index (χ2v) is 2.63. The molecule has 1 rings (SSSR count). The molecule has 0 amide bonds. The van der Waals surface area contributed by atoms with Crippen LogP contribution in [0.1, 0.15) is 18.2 Å². The minimum Gasteiger partial charge on any atom is -0.330 e. The van der Waals surface area contributed by atoms with E-state index in [-0.39, 0.29) is 0 Å². The van der Waals surface area contributed by atoms with Crippen LogP contribution in [0.15, 0.2) is 6.20 Å². The number of rotatable bonds is 3. The third-order valence-corrected chi connectivity index (χ3v) is 1.79. The number of aromatic nitrogens is 2. The molecule has 0 atom stereocenters. The fourth-order valence-electron chi connectivity index (χ4n) is 1.12. The normalized spacial score (nSPS) is 10.5. The molecular formula is C8H15N3. The van der Waals surface area contributed by atoms with Gasteiger partial charge in [0.2, 0.25) is 0 Å². The van der Waals surface area contributed by atoms with Gasteiger partial charge in [0.25, 0.3) is 0 Å². The molecule has 0 fully saturated rings. The van der Waals surface area contributed by atoms with Gasteiger partial charge in [-0.25, -0.2) is 0 Å². The average molecular weight is 153 g/mol. The van der Waals surface area contributed by atoms with Crippen molar-refractivity contribution < 1.29 is 0 Å². The van der Waals surface area contributed by atoms with Gasteiger partial charge in [-0.3, -0.25) is 4.68 Å². The minimum absolute atomic E-state index is 0.705. The maximum absolute atomic E-state index is 5.44. The van der Waals surface area contributed by atoms with E-state index in [0.717, 1.165) is 18.7 Å². The van der Waals surface area contributed by atoms with Crippen molar-refractivity contribution in [2.24, 2.45) is 5.73 Å². The highest BCUT2D eigenvalue weighted by Gasteiger charge is 2.01. The lowest BCUT2D eigenvalue weighted by Crippen LogP contribution is -2.02. The minimum atomic E-state index is 0.705. The summed E-state index contributed by atoms with van der Waals surface area (Å²) < 4.78 is 1.94. The Balaban J connectivity index is 2.79. The van der Waals surface area contributed by atoms with E-state index in [4.69, 9.17) is 5.73 Å². The quantitative estimate of drug-likeness (QED) is 0.695. The monoisotopic (exact) mass is 153 g/mol. The van der Waals surface area contributed by atoms with E-state index in [1.165, 1.54) is 5.56 Å². The molecule has 11 heavy (non-hydrogen) atoms. The first-order valence-electron chi connectivity index (χ1n) is 4.01. The predicted octanol–water partition coefficient (Wildman–Crippen LogP) is 0.713. The van der Waals surface area contributed by atoms with Gasteiger partial charge in [0.05, 0.1) is 5.69 Å². The summed E-state index contributed by atoms with van der Waals surface area (Å²) in [6.45, 7) is 5.75. The van der Waals surface area contributed by atoms with Crippen molar-refractivity contribution in [2.45, 2.75) is 26.8 Å². The highest BCUT2D eigenvalue weighted by molar-refractivity contribution is 5.15. The van der Waals surface area contributed by atoms with Crippen LogP contribution in [0.5, 0.6) is 0 Å². The molecule has 0 unspecified atom stereocenters. The van der Waals surface area contributed by atoms with E-state index in [2.05, 4.69) is 18.2 Å². The molecule has 3 nitrogen and oxygen atoms in total. The maximum atomic E-state index is 5.44. The van der Waals surface area contributed by atoms with E-state index < -0.39 is 0 Å². The summed E-state index contributed by atoms with van der Waals surface area (Å²) in [5.74, 6) is 0. The van der Waals surface area contributed by atoms with Crippen molar-refractivity contribution in [1.29, 1.82) is 0 Å². The molecule has 0 aromatic carbocycles. The zero-order valence-electron chi connectivity index (χ0n) is 7.17. The molecule has 0 saturated carbocycles. The van der Waals surface area contributed by atoms with Crippen LogP contribution in [0, 0.1) is 6.92 Å². The number of hydrogen-bond acceptors (Lipinski definition) is 2. The van der Waals surface area contributed by atoms with Crippen molar-refractivity contribution in [3.63, 3.8) is 0 Å². The van der Waals surface area contributed by atoms with Gasteiger partial charge < -0.3 is 5.73 Å². The molecule has 1 aromatic rings. The summed E-state index contributed by atoms with van der Waals surface area (Å²) in [5.41, 5.74) is 7.82. The predicted molar refractivity (Wildman–Crippen MR) is 45.4 cm³/mol. The first-order valence-corrected chi connectivity index (χ1v) is 4.01. The Morgan fingerprint density at radius 3 is 2.82 bits per heavy atom. The fourth-order valence-corrected chi connectivity index (χ4v) is 1.12. The van der Waals surface area contributed by atoms with Gasteiger partial charge in [0.1, 0.15) is 0 Å². The second kappa shape index (κ2) is 3.53. The third kappa shape index (κ3) is 1.80. The largest absolute Gasteiger partial charge is 0.330 e. The molecule has 0 aliphatic carbocycles. The van der Waals surface area contributed by atoms with Crippen LogP contribution >= 0.6 is 0 Å². The molecule has 2 N–H and O–H groups in total. The zero-order chi connectivity index (χ0) is 8.27. The summed E-state index contributed by atoms with van der Waals surface area (Å²) in [6, 6.07) is 0. The van der Waals surface area contributed by atoms with Crippen LogP contribution in [-0.4, -0.2) is 16.3 Å². The first-order chi connectivity index (χ1) is 5.27. The lowest BCUT2D eigenvalue weighted by Gasteiger charge is -1.91. The van der Waals surface area contributed by atoms with E-state index in [0.29, 0.717) is 6.54 Å². The van der Waals surface area contributed by atoms with Gasteiger partial charge in [-0.1, -0.05) is 0 Å². The third-order valence-electron chi connectivity index (χ3n) is 1.79. The molecule has 0 radical (unpaired) electrons. The Morgan fingerprint density at radius 2 is 2.36 bits per heavy atom. The van der Waals surface area contributed by atoms with Crippen LogP contribution in [0.4, 0.5) is 0 Å². The summed E-state index contributed by atoms with van der Waals surface area (Å²) in [6.07, 6.45) is 3.01. The summed E-state index contributed by atoms with van der Waals surface area (Å²) in [5, 5.41) is 4.31. The van der Waals surface area contributed by atoms with Gasteiger partial charge in [-0.2, -0.15) is 5.10 Å². The van der Waals surface area contributed by atoms with E-state index in [9.17, 15) is 0 Å². The Morgan fingerprint density at radius 1 is 1.64 bits per heavy atom. The topological polar surface area (TPSA) is 43.8 Å². The van der Waals surface area contributed by atoms with Crippen molar-refractivity contribution >= 4 is 0 Å². The lowest BCUT2D eigenvalue weighted by molar-refractivity contribution is 0.653. The number of aryl methyl sites for hydroxylation is 2. The van der Waals surface area contributed by atoms with Gasteiger partial charge in [0, 0.05) is 12.7 Å². The maximum Gasteiger partial charge on any atom is 0.0626 e. The Kier molecular flexibility index (Phi) is 2.65. The molecule has 0 saturated heterocycles. The lowest BCUT2D eigenvalue weighted by atomic mass is 10.2. The van der Waals surface area contributed by atoms with E-state index >= 15 is 0 Å². The molecule has 0 aliphatic rings. The van der Waals surface area contributed by atoms with Gasteiger partial charge in [-0.05, 0) is 32.4 Å². The first kappa shape index (κ1) is 8.27. The number of nitrogens with zero attached hydrogens (tertiary/aromatic N) is 2. The average Bonchev–Trinajstić information content (AvgIpc) is 2.33. The van der Waals surface area contributed by atoms with Crippen LogP contribution in [0.3, 0.4) is 0 Å². The Bertz CT molecular complexity index is 227. The van der Waals surface area contributed by atoms with Crippen LogP contribution in [-0.2, 0) is 13.0 Å². The van der Waals surface area contributed by atoms with Crippen LogP contribution < -0.4 is 5.73 Å². The zero-order valence-corrected chi connectivity index (χ0v) is 7.17. The summed E-state index contributed by atoms with van der Waals surface area (Å²) in [7, 11) is 0. The summed E-state index contributed by atoms with van der Waals surface area (Å²) in [4.78, 5) is 0. The van der Waals surface area contributed by atoms with Crippen molar-refractivity contribution in [3.05, 3.63) is 17.5 Å². The molecule has 0 spiro atoms. The highest BCUT2D eigenvalue weighted by Crippen LogP contribution is 2.04. The van der Waals surface area contributed by atoms with E-state index in [1.807, 2.05) is 11.6 Å². The van der Waals surface area contributed by atoms with Crippen molar-refractivity contribution in [1.82, 2.24) is 9.78 Å². The van der Waals surface area contributed by atoms with Crippen molar-refractivity contribution in [2.75, 3.05) is 6.54 Å². The van der Waals surface area contributed by atoms with Crippen LogP contribution in [0.25, 0.3) is 0 Å². The molecule has 0 aliphatic heterocycles. The highest BCUT2D eigenvalue weighted by atomic mass is 15.3. The molecule has 1 aromatic heterocycles. The van der Waals surface area contributed by atoms with E-state index in [1.54, 1.807) is 0 Å². The van der Waals surface area contributed by atoms with Gasteiger partial charge >= 0.3 is 0 Å². The Labute approximate surface area is 67.2 Å². The van der Waals surface area contributed by atoms with Crippen molar-refractivity contribution in [3.8, 4) is 0 Å². The molecule has 0 bridgehead atoms. The Hall–Kier alpha value is -0.830. The fraction of sp³-hybridized carbons (Fsp3) is 0.625. The van der Waals surface area contributed by atoms with Gasteiger partial charge in [0.15, 0.2) is 0 Å². The number of hydrogen-bond donors (Lipinski definition) is 1. The number of nitrogens with two attached hydrogens (primary N) is 1. The SMILES string of the molecule is CCn1cc(CCN)c(C)n1. The standard InChI is InChI=1S/C8H15N3/c1-3-11-6-8(4-5-9)7(2)10-11/h6H,3-5,9H2,1-2H3.